The molecule has 0 aliphatic carbocycles. The third-order valence-electron chi connectivity index (χ3n) is 3.10. The van der Waals surface area contributed by atoms with E-state index in [1.54, 1.807) is 13.0 Å². The van der Waals surface area contributed by atoms with E-state index in [1.165, 1.54) is 12.8 Å². The number of nitrogens with one attached hydrogen (secondary N) is 2. The number of hydrogen-bond donors (Lipinski definition) is 2. The lowest BCUT2D eigenvalue weighted by atomic mass is 9.96. The molecule has 1 atom stereocenters. The number of aromatic nitrogens is 1. The summed E-state index contributed by atoms with van der Waals surface area (Å²) in [6.45, 7) is 4.68. The highest BCUT2D eigenvalue weighted by atomic mass is 35.5. The topological polar surface area (TPSA) is 67.2 Å². The summed E-state index contributed by atoms with van der Waals surface area (Å²) in [5.41, 5.74) is 0.365. The summed E-state index contributed by atoms with van der Waals surface area (Å²) < 4.78 is 4.86. The molecule has 6 heteroatoms. The Bertz CT molecular complexity index is 375. The Labute approximate surface area is 113 Å². The van der Waals surface area contributed by atoms with Crippen LogP contribution < -0.4 is 10.6 Å². The molecule has 1 amide bonds. The smallest absolute Gasteiger partial charge is 0.273 e. The molecule has 102 valence electrons. The second-order valence-electron chi connectivity index (χ2n) is 4.58. The molecule has 2 rings (SSSR count). The number of rotatable bonds is 4. The molecule has 5 nitrogen and oxygen atoms in total. The highest BCUT2D eigenvalue weighted by molar-refractivity contribution is 5.92. The van der Waals surface area contributed by atoms with Crippen LogP contribution in [0.1, 0.15) is 35.5 Å². The van der Waals surface area contributed by atoms with E-state index < -0.39 is 0 Å². The zero-order valence-corrected chi connectivity index (χ0v) is 11.4. The summed E-state index contributed by atoms with van der Waals surface area (Å²) in [5.74, 6) is 1.19. The molecule has 0 aromatic carbocycles. The van der Waals surface area contributed by atoms with Gasteiger partial charge in [0.25, 0.3) is 5.91 Å². The number of nitrogens with zero attached hydrogens (tertiary/aromatic N) is 1. The van der Waals surface area contributed by atoms with Crippen molar-refractivity contribution in [3.8, 4) is 0 Å². The molecule has 1 aromatic rings. The second-order valence-corrected chi connectivity index (χ2v) is 4.58. The van der Waals surface area contributed by atoms with Crippen LogP contribution in [0.5, 0.6) is 0 Å². The normalized spacial score (nSPS) is 19.1. The zero-order valence-electron chi connectivity index (χ0n) is 10.6. The Morgan fingerprint density at radius 1 is 1.67 bits per heavy atom. The lowest BCUT2D eigenvalue weighted by molar-refractivity contribution is 0.0941. The minimum atomic E-state index is -0.148. The van der Waals surface area contributed by atoms with Gasteiger partial charge in [0.05, 0.1) is 0 Å². The van der Waals surface area contributed by atoms with Crippen molar-refractivity contribution >= 4 is 18.3 Å². The van der Waals surface area contributed by atoms with Gasteiger partial charge in [-0.1, -0.05) is 5.16 Å². The molecular weight excluding hydrogens is 254 g/mol. The Morgan fingerprint density at radius 3 is 3.11 bits per heavy atom. The van der Waals surface area contributed by atoms with Crippen molar-refractivity contribution in [2.45, 2.75) is 26.2 Å². The largest absolute Gasteiger partial charge is 0.361 e. The Kier molecular flexibility index (Phi) is 6.15. The summed E-state index contributed by atoms with van der Waals surface area (Å²) >= 11 is 0. The number of piperidine rings is 1. The van der Waals surface area contributed by atoms with Gasteiger partial charge < -0.3 is 15.2 Å². The molecule has 0 radical (unpaired) electrons. The van der Waals surface area contributed by atoms with Crippen LogP contribution in [0, 0.1) is 12.8 Å². The number of hydrogen-bond acceptors (Lipinski definition) is 4. The molecule has 18 heavy (non-hydrogen) atoms. The zero-order chi connectivity index (χ0) is 12.1. The Morgan fingerprint density at radius 2 is 2.50 bits per heavy atom. The van der Waals surface area contributed by atoms with Crippen molar-refractivity contribution in [1.29, 1.82) is 0 Å². The lowest BCUT2D eigenvalue weighted by Crippen LogP contribution is -2.33. The van der Waals surface area contributed by atoms with E-state index in [0.717, 1.165) is 19.5 Å². The van der Waals surface area contributed by atoms with E-state index in [1.807, 2.05) is 0 Å². The molecule has 1 fully saturated rings. The molecule has 1 aliphatic rings. The highest BCUT2D eigenvalue weighted by Crippen LogP contribution is 2.13. The molecule has 2 N–H and O–H groups in total. The van der Waals surface area contributed by atoms with Crippen LogP contribution in [0.15, 0.2) is 10.6 Å². The van der Waals surface area contributed by atoms with Crippen LogP contribution >= 0.6 is 12.4 Å². The number of carbonyl (C=O) groups excluding carboxylic acids is 1. The first-order chi connectivity index (χ1) is 8.25. The van der Waals surface area contributed by atoms with Gasteiger partial charge >= 0.3 is 0 Å². The maximum atomic E-state index is 11.7. The van der Waals surface area contributed by atoms with E-state index in [4.69, 9.17) is 4.52 Å². The fourth-order valence-corrected chi connectivity index (χ4v) is 2.12. The molecule has 0 bridgehead atoms. The molecule has 0 spiro atoms. The molecule has 0 saturated carbocycles. The van der Waals surface area contributed by atoms with Crippen molar-refractivity contribution in [1.82, 2.24) is 15.8 Å². The lowest BCUT2D eigenvalue weighted by Gasteiger charge is -2.22. The van der Waals surface area contributed by atoms with Crippen molar-refractivity contribution in [2.24, 2.45) is 5.92 Å². The first-order valence-corrected chi connectivity index (χ1v) is 6.18. The van der Waals surface area contributed by atoms with E-state index in [9.17, 15) is 4.79 Å². The van der Waals surface area contributed by atoms with Crippen LogP contribution in [0.2, 0.25) is 0 Å². The fourth-order valence-electron chi connectivity index (χ4n) is 2.12. The van der Waals surface area contributed by atoms with Gasteiger partial charge in [-0.25, -0.2) is 0 Å². The van der Waals surface area contributed by atoms with Gasteiger partial charge in [-0.15, -0.1) is 12.4 Å². The predicted molar refractivity (Wildman–Crippen MR) is 71.0 cm³/mol. The second kappa shape index (κ2) is 7.38. The van der Waals surface area contributed by atoms with Crippen molar-refractivity contribution in [3.63, 3.8) is 0 Å². The standard InChI is InChI=1S/C12H19N3O2.ClH/c1-9-7-11(15-17-9)12(16)14-6-4-10-3-2-5-13-8-10;/h7,10,13H,2-6,8H2,1H3,(H,14,16);1H. The van der Waals surface area contributed by atoms with Crippen molar-refractivity contribution in [3.05, 3.63) is 17.5 Å². The summed E-state index contributed by atoms with van der Waals surface area (Å²) in [5, 5.41) is 9.92. The third kappa shape index (κ3) is 4.31. The average molecular weight is 274 g/mol. The number of carbonyl (C=O) groups is 1. The maximum Gasteiger partial charge on any atom is 0.273 e. The molecule has 2 heterocycles. The summed E-state index contributed by atoms with van der Waals surface area (Å²) in [4.78, 5) is 11.7. The minimum Gasteiger partial charge on any atom is -0.361 e. The summed E-state index contributed by atoms with van der Waals surface area (Å²) in [7, 11) is 0. The molecular formula is C12H20ClN3O2. The van der Waals surface area contributed by atoms with Gasteiger partial charge in [0.2, 0.25) is 0 Å². The van der Waals surface area contributed by atoms with Gasteiger partial charge in [0.1, 0.15) is 5.76 Å². The number of halogens is 1. The molecule has 1 aliphatic heterocycles. The van der Waals surface area contributed by atoms with Crippen molar-refractivity contribution in [2.75, 3.05) is 19.6 Å². The first kappa shape index (κ1) is 15.0. The highest BCUT2D eigenvalue weighted by Gasteiger charge is 2.14. The maximum absolute atomic E-state index is 11.7. The third-order valence-corrected chi connectivity index (χ3v) is 3.10. The summed E-state index contributed by atoms with van der Waals surface area (Å²) in [6.07, 6.45) is 3.52. The minimum absolute atomic E-state index is 0. The monoisotopic (exact) mass is 273 g/mol. The molecule has 1 saturated heterocycles. The summed E-state index contributed by atoms with van der Waals surface area (Å²) in [6, 6.07) is 1.65. The van der Waals surface area contributed by atoms with Crippen LogP contribution in [-0.2, 0) is 0 Å². The number of amides is 1. The first-order valence-electron chi connectivity index (χ1n) is 6.18. The Balaban J connectivity index is 0.00000162. The number of aryl methyl sites for hydroxylation is 1. The van der Waals surface area contributed by atoms with Crippen LogP contribution in [-0.4, -0.2) is 30.7 Å². The average Bonchev–Trinajstić information content (AvgIpc) is 2.77. The Hall–Kier alpha value is -1.07. The SMILES string of the molecule is Cc1cc(C(=O)NCCC2CCCNC2)no1.Cl. The molecule has 1 aromatic heterocycles. The van der Waals surface area contributed by atoms with Crippen LogP contribution in [0.4, 0.5) is 0 Å². The van der Waals surface area contributed by atoms with Crippen molar-refractivity contribution < 1.29 is 9.32 Å². The van der Waals surface area contributed by atoms with Gasteiger partial charge in [0.15, 0.2) is 5.69 Å². The van der Waals surface area contributed by atoms with Gasteiger partial charge in [-0.2, -0.15) is 0 Å². The van der Waals surface area contributed by atoms with Crippen LogP contribution in [0.25, 0.3) is 0 Å². The van der Waals surface area contributed by atoms with Gasteiger partial charge in [0, 0.05) is 12.6 Å². The van der Waals surface area contributed by atoms with E-state index in [2.05, 4.69) is 15.8 Å². The molecule has 1 unspecified atom stereocenters. The van der Waals surface area contributed by atoms with E-state index in [0.29, 0.717) is 23.9 Å². The van der Waals surface area contributed by atoms with E-state index in [-0.39, 0.29) is 18.3 Å². The predicted octanol–water partition coefficient (Wildman–Crippen LogP) is 1.52. The quantitative estimate of drug-likeness (QED) is 0.873. The van der Waals surface area contributed by atoms with E-state index >= 15 is 0 Å². The fraction of sp³-hybridized carbons (Fsp3) is 0.667. The van der Waals surface area contributed by atoms with Gasteiger partial charge in [-0.3, -0.25) is 4.79 Å². The van der Waals surface area contributed by atoms with Crippen LogP contribution in [0.3, 0.4) is 0 Å². The van der Waals surface area contributed by atoms with Gasteiger partial charge in [-0.05, 0) is 45.2 Å².